The predicted octanol–water partition coefficient (Wildman–Crippen LogP) is 2.58. The second-order valence-corrected chi connectivity index (χ2v) is 7.81. The van der Waals surface area contributed by atoms with Crippen molar-refractivity contribution in [2.24, 2.45) is 5.92 Å². The topological polar surface area (TPSA) is 66.9 Å². The number of likely N-dealkylation sites (tertiary alicyclic amines) is 2. The number of hydrogen-bond donors (Lipinski definition) is 0. The summed E-state index contributed by atoms with van der Waals surface area (Å²) in [5.74, 6) is -0.570. The number of ether oxygens (including phenoxy) is 1. The molecule has 2 heterocycles. The Hall–Kier alpha value is -2.63. The fourth-order valence-electron chi connectivity index (χ4n) is 4.56. The van der Waals surface area contributed by atoms with Crippen molar-refractivity contribution < 1.29 is 19.1 Å². The molecule has 29 heavy (non-hydrogen) atoms. The van der Waals surface area contributed by atoms with Crippen LogP contribution >= 0.6 is 0 Å². The summed E-state index contributed by atoms with van der Waals surface area (Å²) in [5, 5.41) is 0. The molecule has 0 radical (unpaired) electrons. The number of carbonyl (C=O) groups is 3. The minimum atomic E-state index is -0.942. The second-order valence-electron chi connectivity index (χ2n) is 7.81. The van der Waals surface area contributed by atoms with Gasteiger partial charge in [-0.05, 0) is 44.2 Å². The summed E-state index contributed by atoms with van der Waals surface area (Å²) >= 11 is 0. The van der Waals surface area contributed by atoms with Crippen molar-refractivity contribution in [3.63, 3.8) is 0 Å². The summed E-state index contributed by atoms with van der Waals surface area (Å²) in [6.07, 6.45) is 4.39. The van der Waals surface area contributed by atoms with Crippen LogP contribution in [0.5, 0.6) is 0 Å². The van der Waals surface area contributed by atoms with Crippen LogP contribution in [0.15, 0.2) is 43.0 Å². The Labute approximate surface area is 172 Å². The van der Waals surface area contributed by atoms with Crippen LogP contribution in [0.4, 0.5) is 0 Å². The molecule has 0 bridgehead atoms. The van der Waals surface area contributed by atoms with Gasteiger partial charge in [-0.25, -0.2) is 4.79 Å². The Morgan fingerprint density at radius 2 is 1.86 bits per heavy atom. The third-order valence-corrected chi connectivity index (χ3v) is 6.08. The number of hydrogen-bond acceptors (Lipinski definition) is 4. The normalized spacial score (nSPS) is 22.4. The molecule has 2 amide bonds. The third kappa shape index (κ3) is 4.36. The van der Waals surface area contributed by atoms with Crippen molar-refractivity contribution >= 4 is 17.8 Å². The van der Waals surface area contributed by atoms with Gasteiger partial charge in [0, 0.05) is 32.0 Å². The number of esters is 1. The van der Waals surface area contributed by atoms with Gasteiger partial charge in [-0.1, -0.05) is 36.9 Å². The molecule has 0 aliphatic carbocycles. The SMILES string of the molecule is C=CC(=O)N1CCC(C(=O)N2CCCC2(Cc2ccccc2)C(=O)OCC)CC1. The largest absolute Gasteiger partial charge is 0.464 e. The van der Waals surface area contributed by atoms with Gasteiger partial charge in [-0.2, -0.15) is 0 Å². The summed E-state index contributed by atoms with van der Waals surface area (Å²) in [7, 11) is 0. The first-order valence-electron chi connectivity index (χ1n) is 10.5. The van der Waals surface area contributed by atoms with Gasteiger partial charge in [-0.15, -0.1) is 0 Å². The highest BCUT2D eigenvalue weighted by molar-refractivity contribution is 5.91. The van der Waals surface area contributed by atoms with E-state index < -0.39 is 5.54 Å². The molecular weight excluding hydrogens is 368 g/mol. The molecule has 0 saturated carbocycles. The van der Waals surface area contributed by atoms with Crippen molar-refractivity contribution in [3.8, 4) is 0 Å². The molecule has 2 fully saturated rings. The van der Waals surface area contributed by atoms with Crippen molar-refractivity contribution in [3.05, 3.63) is 48.6 Å². The Kier molecular flexibility index (Phi) is 6.72. The Morgan fingerprint density at radius 3 is 2.48 bits per heavy atom. The summed E-state index contributed by atoms with van der Waals surface area (Å²) in [5.41, 5.74) is 0.0781. The molecule has 1 aromatic carbocycles. The standard InChI is InChI=1S/C23H30N2O4/c1-3-20(26)24-15-11-19(12-16-24)21(27)25-14-8-13-23(25,22(28)29-4-2)17-18-9-6-5-7-10-18/h3,5-7,9-10,19H,1,4,8,11-17H2,2H3. The van der Waals surface area contributed by atoms with E-state index in [4.69, 9.17) is 4.74 Å². The number of benzene rings is 1. The Balaban J connectivity index is 1.80. The lowest BCUT2D eigenvalue weighted by Gasteiger charge is -2.40. The van der Waals surface area contributed by atoms with Crippen LogP contribution < -0.4 is 0 Å². The van der Waals surface area contributed by atoms with E-state index in [0.717, 1.165) is 12.0 Å². The zero-order valence-corrected chi connectivity index (χ0v) is 17.1. The van der Waals surface area contributed by atoms with Gasteiger partial charge in [-0.3, -0.25) is 9.59 Å². The van der Waals surface area contributed by atoms with Gasteiger partial charge in [0.15, 0.2) is 0 Å². The highest BCUT2D eigenvalue weighted by Crippen LogP contribution is 2.36. The van der Waals surface area contributed by atoms with E-state index in [9.17, 15) is 14.4 Å². The van der Waals surface area contributed by atoms with Crippen molar-refractivity contribution in [1.82, 2.24) is 9.80 Å². The van der Waals surface area contributed by atoms with E-state index in [1.807, 2.05) is 30.3 Å². The number of piperidine rings is 1. The lowest BCUT2D eigenvalue weighted by Crippen LogP contribution is -2.57. The molecule has 0 aromatic heterocycles. The lowest BCUT2D eigenvalue weighted by molar-refractivity contribution is -0.163. The highest BCUT2D eigenvalue weighted by atomic mass is 16.5. The third-order valence-electron chi connectivity index (χ3n) is 6.08. The van der Waals surface area contributed by atoms with E-state index in [2.05, 4.69) is 6.58 Å². The van der Waals surface area contributed by atoms with Crippen LogP contribution in [0.2, 0.25) is 0 Å². The van der Waals surface area contributed by atoms with Crippen molar-refractivity contribution in [2.45, 2.75) is 44.6 Å². The molecule has 2 aliphatic heterocycles. The Bertz CT molecular complexity index is 755. The number of carbonyl (C=O) groups excluding carboxylic acids is 3. The fraction of sp³-hybridized carbons (Fsp3) is 0.522. The molecule has 2 saturated heterocycles. The molecule has 1 atom stereocenters. The molecule has 2 aliphatic rings. The van der Waals surface area contributed by atoms with Gasteiger partial charge >= 0.3 is 5.97 Å². The highest BCUT2D eigenvalue weighted by Gasteiger charge is 2.52. The molecule has 0 N–H and O–H groups in total. The van der Waals surface area contributed by atoms with Gasteiger partial charge in [0.25, 0.3) is 0 Å². The zero-order valence-electron chi connectivity index (χ0n) is 17.1. The number of amides is 2. The van der Waals surface area contributed by atoms with E-state index in [1.165, 1.54) is 6.08 Å². The average Bonchev–Trinajstić information content (AvgIpc) is 3.18. The van der Waals surface area contributed by atoms with Gasteiger partial charge in [0.05, 0.1) is 6.61 Å². The van der Waals surface area contributed by atoms with Gasteiger partial charge in [0.1, 0.15) is 5.54 Å². The van der Waals surface area contributed by atoms with E-state index in [-0.39, 0.29) is 23.7 Å². The molecule has 156 valence electrons. The summed E-state index contributed by atoms with van der Waals surface area (Å²) in [6, 6.07) is 9.81. The molecule has 6 heteroatoms. The maximum atomic E-state index is 13.5. The maximum Gasteiger partial charge on any atom is 0.332 e. The van der Waals surface area contributed by atoms with Crippen LogP contribution in [0, 0.1) is 5.92 Å². The van der Waals surface area contributed by atoms with Crippen LogP contribution in [0.25, 0.3) is 0 Å². The quantitative estimate of drug-likeness (QED) is 0.546. The number of rotatable bonds is 6. The lowest BCUT2D eigenvalue weighted by atomic mass is 9.86. The number of nitrogens with zero attached hydrogens (tertiary/aromatic N) is 2. The first-order chi connectivity index (χ1) is 14.0. The van der Waals surface area contributed by atoms with Crippen LogP contribution in [-0.2, 0) is 25.5 Å². The minimum absolute atomic E-state index is 0.0113. The second kappa shape index (κ2) is 9.25. The first-order valence-corrected chi connectivity index (χ1v) is 10.5. The van der Waals surface area contributed by atoms with Crippen LogP contribution in [0.1, 0.15) is 38.2 Å². The molecule has 1 aromatic rings. The summed E-state index contributed by atoms with van der Waals surface area (Å²) < 4.78 is 5.44. The van der Waals surface area contributed by atoms with E-state index in [0.29, 0.717) is 51.9 Å². The zero-order chi connectivity index (χ0) is 20.9. The van der Waals surface area contributed by atoms with E-state index in [1.54, 1.807) is 16.7 Å². The molecular formula is C23H30N2O4. The molecule has 0 spiro atoms. The first kappa shape index (κ1) is 21.1. The Morgan fingerprint density at radius 1 is 1.17 bits per heavy atom. The van der Waals surface area contributed by atoms with Crippen LogP contribution in [0.3, 0.4) is 0 Å². The van der Waals surface area contributed by atoms with Crippen molar-refractivity contribution in [2.75, 3.05) is 26.2 Å². The van der Waals surface area contributed by atoms with Crippen molar-refractivity contribution in [1.29, 1.82) is 0 Å². The summed E-state index contributed by atoms with van der Waals surface area (Å²) in [6.45, 7) is 7.26. The van der Waals surface area contributed by atoms with Crippen LogP contribution in [-0.4, -0.2) is 59.4 Å². The average molecular weight is 399 g/mol. The predicted molar refractivity (Wildman–Crippen MR) is 110 cm³/mol. The smallest absolute Gasteiger partial charge is 0.332 e. The van der Waals surface area contributed by atoms with Gasteiger partial charge < -0.3 is 14.5 Å². The van der Waals surface area contributed by atoms with Gasteiger partial charge in [0.2, 0.25) is 11.8 Å². The molecule has 6 nitrogen and oxygen atoms in total. The summed E-state index contributed by atoms with van der Waals surface area (Å²) in [4.78, 5) is 41.8. The van der Waals surface area contributed by atoms with E-state index >= 15 is 0 Å². The monoisotopic (exact) mass is 398 g/mol. The molecule has 3 rings (SSSR count). The maximum absolute atomic E-state index is 13.5. The fourth-order valence-corrected chi connectivity index (χ4v) is 4.56. The minimum Gasteiger partial charge on any atom is -0.464 e. The molecule has 1 unspecified atom stereocenters.